The Hall–Kier alpha value is -2.22. The molecule has 27 heavy (non-hydrogen) atoms. The molecule has 0 atom stereocenters. The molecule has 0 spiro atoms. The molecule has 1 aliphatic rings. The van der Waals surface area contributed by atoms with E-state index in [0.29, 0.717) is 27.2 Å². The summed E-state index contributed by atoms with van der Waals surface area (Å²) in [4.78, 5) is 39.6. The van der Waals surface area contributed by atoms with Crippen molar-refractivity contribution in [3.05, 3.63) is 52.5 Å². The van der Waals surface area contributed by atoms with E-state index in [1.807, 2.05) is 0 Å². The SMILES string of the molecule is COc1ccc(N2C(=O)C(=O)N(CCSc3cc(Cl)ccc3Cl)C2=O)cc1. The number of halogens is 2. The molecule has 1 saturated heterocycles. The maximum Gasteiger partial charge on any atom is 0.338 e. The molecule has 0 saturated carbocycles. The number of hydrogen-bond donors (Lipinski definition) is 0. The average molecular weight is 425 g/mol. The molecule has 6 nitrogen and oxygen atoms in total. The first-order valence-electron chi connectivity index (χ1n) is 7.84. The fraction of sp³-hybridized carbons (Fsp3) is 0.167. The third-order valence-corrected chi connectivity index (χ3v) is 5.56. The summed E-state index contributed by atoms with van der Waals surface area (Å²) in [7, 11) is 1.51. The first-order valence-corrected chi connectivity index (χ1v) is 9.58. The topological polar surface area (TPSA) is 66.9 Å². The van der Waals surface area contributed by atoms with Crippen LogP contribution in [0.25, 0.3) is 0 Å². The molecule has 4 amide bonds. The van der Waals surface area contributed by atoms with Crippen LogP contribution in [0.5, 0.6) is 5.75 Å². The third kappa shape index (κ3) is 4.05. The molecule has 1 heterocycles. The number of methoxy groups -OCH3 is 1. The maximum absolute atomic E-state index is 12.6. The molecule has 1 fully saturated rings. The van der Waals surface area contributed by atoms with E-state index in [2.05, 4.69) is 0 Å². The lowest BCUT2D eigenvalue weighted by molar-refractivity contribution is -0.139. The fourth-order valence-corrected chi connectivity index (χ4v) is 3.92. The molecule has 0 radical (unpaired) electrons. The summed E-state index contributed by atoms with van der Waals surface area (Å²) in [6.07, 6.45) is 0. The molecular formula is C18H14Cl2N2O4S. The lowest BCUT2D eigenvalue weighted by Crippen LogP contribution is -2.34. The van der Waals surface area contributed by atoms with Gasteiger partial charge in [-0.2, -0.15) is 0 Å². The van der Waals surface area contributed by atoms with Crippen LogP contribution in [-0.2, 0) is 9.59 Å². The highest BCUT2D eigenvalue weighted by atomic mass is 35.5. The predicted molar refractivity (Wildman–Crippen MR) is 105 cm³/mol. The van der Waals surface area contributed by atoms with Crippen LogP contribution in [-0.4, -0.2) is 42.2 Å². The van der Waals surface area contributed by atoms with Crippen molar-refractivity contribution in [1.82, 2.24) is 4.90 Å². The summed E-state index contributed by atoms with van der Waals surface area (Å²) in [6, 6.07) is 10.7. The van der Waals surface area contributed by atoms with Crippen LogP contribution >= 0.6 is 35.0 Å². The van der Waals surface area contributed by atoms with Gasteiger partial charge in [-0.15, -0.1) is 11.8 Å². The molecule has 3 rings (SSSR count). The number of ether oxygens (including phenoxy) is 1. The predicted octanol–water partition coefficient (Wildman–Crippen LogP) is 4.09. The van der Waals surface area contributed by atoms with E-state index in [1.54, 1.807) is 42.5 Å². The summed E-state index contributed by atoms with van der Waals surface area (Å²) >= 11 is 13.4. The number of amides is 4. The second kappa shape index (κ2) is 8.21. The lowest BCUT2D eigenvalue weighted by Gasteiger charge is -2.15. The number of anilines is 1. The van der Waals surface area contributed by atoms with E-state index in [9.17, 15) is 14.4 Å². The first-order chi connectivity index (χ1) is 12.9. The Balaban J connectivity index is 1.69. The van der Waals surface area contributed by atoms with E-state index >= 15 is 0 Å². The molecule has 140 valence electrons. The molecule has 0 aromatic heterocycles. The molecular weight excluding hydrogens is 411 g/mol. The number of carbonyl (C=O) groups excluding carboxylic acids is 3. The van der Waals surface area contributed by atoms with Crippen LogP contribution in [0.3, 0.4) is 0 Å². The maximum atomic E-state index is 12.6. The molecule has 0 aliphatic carbocycles. The highest BCUT2D eigenvalue weighted by Crippen LogP contribution is 2.30. The van der Waals surface area contributed by atoms with E-state index in [-0.39, 0.29) is 6.54 Å². The van der Waals surface area contributed by atoms with Gasteiger partial charge in [0.15, 0.2) is 0 Å². The molecule has 0 N–H and O–H groups in total. The van der Waals surface area contributed by atoms with E-state index in [1.165, 1.54) is 18.9 Å². The molecule has 2 aromatic carbocycles. The Morgan fingerprint density at radius 1 is 1.00 bits per heavy atom. The zero-order chi connectivity index (χ0) is 19.6. The first kappa shape index (κ1) is 19.5. The van der Waals surface area contributed by atoms with E-state index < -0.39 is 17.8 Å². The van der Waals surface area contributed by atoms with Crippen molar-refractivity contribution in [1.29, 1.82) is 0 Å². The number of rotatable bonds is 6. The normalized spacial score (nSPS) is 14.3. The van der Waals surface area contributed by atoms with E-state index in [0.717, 1.165) is 14.7 Å². The minimum atomic E-state index is -0.879. The standard InChI is InChI=1S/C18H14Cl2N2O4S/c1-26-13-5-3-12(4-6-13)22-17(24)16(23)21(18(22)25)8-9-27-15-10-11(19)2-7-14(15)20/h2-7,10H,8-9H2,1H3. The van der Waals surface area contributed by atoms with Crippen molar-refractivity contribution in [3.8, 4) is 5.75 Å². The summed E-state index contributed by atoms with van der Waals surface area (Å²) in [5.74, 6) is -0.776. The molecule has 0 unspecified atom stereocenters. The van der Waals surface area contributed by atoms with Gasteiger partial charge in [0.1, 0.15) is 5.75 Å². The van der Waals surface area contributed by atoms with Crippen LogP contribution in [0.4, 0.5) is 10.5 Å². The van der Waals surface area contributed by atoms with Gasteiger partial charge in [-0.25, -0.2) is 9.69 Å². The minimum absolute atomic E-state index is 0.0730. The van der Waals surface area contributed by atoms with Gasteiger partial charge >= 0.3 is 17.8 Å². The third-order valence-electron chi connectivity index (χ3n) is 3.85. The van der Waals surface area contributed by atoms with Crippen molar-refractivity contribution in [2.75, 3.05) is 24.3 Å². The molecule has 0 bridgehead atoms. The van der Waals surface area contributed by atoms with Crippen molar-refractivity contribution in [2.24, 2.45) is 0 Å². The fourth-order valence-electron chi connectivity index (χ4n) is 2.50. The van der Waals surface area contributed by atoms with Crippen LogP contribution in [0, 0.1) is 0 Å². The van der Waals surface area contributed by atoms with Gasteiger partial charge in [0.05, 0.1) is 17.8 Å². The number of hydrogen-bond acceptors (Lipinski definition) is 5. The number of imide groups is 2. The Bertz CT molecular complexity index is 905. The molecule has 1 aliphatic heterocycles. The monoisotopic (exact) mass is 424 g/mol. The Morgan fingerprint density at radius 2 is 1.70 bits per heavy atom. The van der Waals surface area contributed by atoms with Gasteiger partial charge in [-0.3, -0.25) is 14.5 Å². The Morgan fingerprint density at radius 3 is 2.37 bits per heavy atom. The van der Waals surface area contributed by atoms with Gasteiger partial charge in [-0.1, -0.05) is 23.2 Å². The summed E-state index contributed by atoms with van der Waals surface area (Å²) in [5, 5.41) is 1.07. The van der Waals surface area contributed by atoms with Crippen LogP contribution in [0.2, 0.25) is 10.0 Å². The summed E-state index contributed by atoms with van der Waals surface area (Å²) < 4.78 is 5.05. The van der Waals surface area contributed by atoms with Gasteiger partial charge in [0, 0.05) is 22.2 Å². The number of benzene rings is 2. The van der Waals surface area contributed by atoms with Gasteiger partial charge in [0.2, 0.25) is 0 Å². The smallest absolute Gasteiger partial charge is 0.338 e. The highest BCUT2D eigenvalue weighted by molar-refractivity contribution is 7.99. The number of carbonyl (C=O) groups is 3. The Labute approximate surface area is 170 Å². The van der Waals surface area contributed by atoms with Crippen LogP contribution in [0.1, 0.15) is 0 Å². The lowest BCUT2D eigenvalue weighted by atomic mass is 10.3. The number of urea groups is 1. The van der Waals surface area contributed by atoms with Crippen molar-refractivity contribution in [3.63, 3.8) is 0 Å². The average Bonchev–Trinajstić information content (AvgIpc) is 2.88. The second-order valence-electron chi connectivity index (χ2n) is 5.50. The van der Waals surface area contributed by atoms with Crippen molar-refractivity contribution in [2.45, 2.75) is 4.90 Å². The summed E-state index contributed by atoms with van der Waals surface area (Å²) in [5.41, 5.74) is 0.312. The largest absolute Gasteiger partial charge is 0.497 e. The van der Waals surface area contributed by atoms with Gasteiger partial charge in [0.25, 0.3) is 0 Å². The zero-order valence-electron chi connectivity index (χ0n) is 14.1. The van der Waals surface area contributed by atoms with Gasteiger partial charge < -0.3 is 4.74 Å². The van der Waals surface area contributed by atoms with Gasteiger partial charge in [-0.05, 0) is 42.5 Å². The number of nitrogens with zero attached hydrogens (tertiary/aromatic N) is 2. The summed E-state index contributed by atoms with van der Waals surface area (Å²) in [6.45, 7) is 0.0730. The number of thioether (sulfide) groups is 1. The Kier molecular flexibility index (Phi) is 5.94. The second-order valence-corrected chi connectivity index (χ2v) is 7.48. The van der Waals surface area contributed by atoms with E-state index in [4.69, 9.17) is 27.9 Å². The van der Waals surface area contributed by atoms with Crippen LogP contribution in [0.15, 0.2) is 47.4 Å². The molecule has 2 aromatic rings. The quantitative estimate of drug-likeness (QED) is 0.396. The van der Waals surface area contributed by atoms with Crippen molar-refractivity contribution < 1.29 is 19.1 Å². The zero-order valence-corrected chi connectivity index (χ0v) is 16.5. The van der Waals surface area contributed by atoms with Crippen LogP contribution < -0.4 is 9.64 Å². The van der Waals surface area contributed by atoms with Crippen molar-refractivity contribution >= 4 is 58.5 Å². The highest BCUT2D eigenvalue weighted by Gasteiger charge is 2.45. The minimum Gasteiger partial charge on any atom is -0.497 e. The molecule has 9 heteroatoms.